The van der Waals surface area contributed by atoms with E-state index in [-0.39, 0.29) is 0 Å². The van der Waals surface area contributed by atoms with Crippen molar-refractivity contribution in [1.82, 2.24) is 0 Å². The number of hydrogen-bond donors (Lipinski definition) is 0. The SMILES string of the molecule is C=CCCC(CC)CCCCC[C]=O. The molecule has 0 aliphatic carbocycles. The molecular formula is C13H23O. The van der Waals surface area contributed by atoms with E-state index in [2.05, 4.69) is 13.5 Å². The summed E-state index contributed by atoms with van der Waals surface area (Å²) in [7, 11) is 0. The molecule has 0 aliphatic heterocycles. The molecule has 0 rings (SSSR count). The van der Waals surface area contributed by atoms with Crippen LogP contribution in [-0.4, -0.2) is 6.29 Å². The van der Waals surface area contributed by atoms with Crippen LogP contribution in [-0.2, 0) is 4.79 Å². The highest BCUT2D eigenvalue weighted by molar-refractivity contribution is 5.50. The van der Waals surface area contributed by atoms with E-state index in [1.54, 1.807) is 0 Å². The van der Waals surface area contributed by atoms with Crippen LogP contribution in [0.25, 0.3) is 0 Å². The molecule has 0 fully saturated rings. The van der Waals surface area contributed by atoms with Gasteiger partial charge in [-0.3, -0.25) is 4.79 Å². The van der Waals surface area contributed by atoms with Gasteiger partial charge in [-0.1, -0.05) is 38.7 Å². The molecule has 0 spiro atoms. The first-order valence-electron chi connectivity index (χ1n) is 5.81. The number of unbranched alkanes of at least 4 members (excludes halogenated alkanes) is 3. The molecule has 0 amide bonds. The standard InChI is InChI=1S/C13H23O/c1-3-5-10-13(4-2)11-8-6-7-9-12-14/h3,13H,1,4-11H2,2H3. The van der Waals surface area contributed by atoms with Gasteiger partial charge < -0.3 is 0 Å². The summed E-state index contributed by atoms with van der Waals surface area (Å²) in [6, 6.07) is 0. The zero-order chi connectivity index (χ0) is 10.6. The maximum atomic E-state index is 9.96. The number of carbonyl (C=O) groups excluding carboxylic acids is 1. The summed E-state index contributed by atoms with van der Waals surface area (Å²) >= 11 is 0. The summed E-state index contributed by atoms with van der Waals surface area (Å²) in [5.41, 5.74) is 0. The lowest BCUT2D eigenvalue weighted by Gasteiger charge is -2.12. The normalized spacial score (nSPS) is 12.4. The average molecular weight is 195 g/mol. The number of allylic oxidation sites excluding steroid dienone is 1. The Bertz CT molecular complexity index is 140. The number of hydrogen-bond acceptors (Lipinski definition) is 1. The summed E-state index contributed by atoms with van der Waals surface area (Å²) in [4.78, 5) is 9.96. The van der Waals surface area contributed by atoms with E-state index in [1.165, 1.54) is 32.1 Å². The van der Waals surface area contributed by atoms with Crippen LogP contribution in [0.1, 0.15) is 58.3 Å². The minimum Gasteiger partial charge on any atom is -0.291 e. The summed E-state index contributed by atoms with van der Waals surface area (Å²) in [5, 5.41) is 0. The summed E-state index contributed by atoms with van der Waals surface area (Å²) < 4.78 is 0. The topological polar surface area (TPSA) is 17.1 Å². The van der Waals surface area contributed by atoms with Crippen LogP contribution in [0.5, 0.6) is 0 Å². The molecule has 0 N–H and O–H groups in total. The third kappa shape index (κ3) is 8.03. The van der Waals surface area contributed by atoms with Gasteiger partial charge in [-0.2, -0.15) is 0 Å². The fourth-order valence-corrected chi connectivity index (χ4v) is 1.71. The fraction of sp³-hybridized carbons (Fsp3) is 0.769. The van der Waals surface area contributed by atoms with Gasteiger partial charge in [0.05, 0.1) is 0 Å². The van der Waals surface area contributed by atoms with E-state index in [0.29, 0.717) is 6.42 Å². The minimum atomic E-state index is 0.615. The lowest BCUT2D eigenvalue weighted by molar-refractivity contribution is 0.418. The number of rotatable bonds is 10. The van der Waals surface area contributed by atoms with Gasteiger partial charge in [-0.05, 0) is 25.2 Å². The van der Waals surface area contributed by atoms with Gasteiger partial charge >= 0.3 is 0 Å². The first-order chi connectivity index (χ1) is 6.85. The van der Waals surface area contributed by atoms with Crippen LogP contribution < -0.4 is 0 Å². The van der Waals surface area contributed by atoms with Crippen molar-refractivity contribution in [3.63, 3.8) is 0 Å². The van der Waals surface area contributed by atoms with E-state index < -0.39 is 0 Å². The maximum absolute atomic E-state index is 9.96. The average Bonchev–Trinajstić information content (AvgIpc) is 2.22. The maximum Gasteiger partial charge on any atom is 0.198 e. The molecular weight excluding hydrogens is 172 g/mol. The Morgan fingerprint density at radius 1 is 1.29 bits per heavy atom. The van der Waals surface area contributed by atoms with Gasteiger partial charge in [0.25, 0.3) is 0 Å². The third-order valence-electron chi connectivity index (χ3n) is 2.75. The van der Waals surface area contributed by atoms with Crippen LogP contribution in [0.3, 0.4) is 0 Å². The zero-order valence-electron chi connectivity index (χ0n) is 9.43. The van der Waals surface area contributed by atoms with E-state index in [0.717, 1.165) is 18.8 Å². The van der Waals surface area contributed by atoms with Crippen molar-refractivity contribution in [2.75, 3.05) is 0 Å². The molecule has 1 nitrogen and oxygen atoms in total. The van der Waals surface area contributed by atoms with Gasteiger partial charge in [-0.25, -0.2) is 0 Å². The van der Waals surface area contributed by atoms with E-state index in [9.17, 15) is 4.79 Å². The predicted octanol–water partition coefficient (Wildman–Crippen LogP) is 4.04. The van der Waals surface area contributed by atoms with Crippen molar-refractivity contribution in [2.24, 2.45) is 5.92 Å². The molecule has 0 bridgehead atoms. The molecule has 81 valence electrons. The fourth-order valence-electron chi connectivity index (χ4n) is 1.71. The Kier molecular flexibility index (Phi) is 10.0. The summed E-state index contributed by atoms with van der Waals surface area (Å²) in [6.45, 7) is 6.00. The highest BCUT2D eigenvalue weighted by Gasteiger charge is 2.04. The Balaban J connectivity index is 3.32. The Hall–Kier alpha value is -0.590. The molecule has 0 aromatic heterocycles. The molecule has 0 aromatic rings. The molecule has 0 aliphatic rings. The van der Waals surface area contributed by atoms with Crippen molar-refractivity contribution in [3.05, 3.63) is 12.7 Å². The molecule has 0 saturated heterocycles. The molecule has 0 saturated carbocycles. The van der Waals surface area contributed by atoms with Crippen LogP contribution in [0.4, 0.5) is 0 Å². The third-order valence-corrected chi connectivity index (χ3v) is 2.75. The second-order valence-corrected chi connectivity index (χ2v) is 3.88. The van der Waals surface area contributed by atoms with Gasteiger partial charge in [0.2, 0.25) is 0 Å². The summed E-state index contributed by atoms with van der Waals surface area (Å²) in [6.07, 6.45) is 13.0. The van der Waals surface area contributed by atoms with E-state index >= 15 is 0 Å². The van der Waals surface area contributed by atoms with E-state index in [4.69, 9.17) is 0 Å². The van der Waals surface area contributed by atoms with Gasteiger partial charge in [0, 0.05) is 6.42 Å². The van der Waals surface area contributed by atoms with Gasteiger partial charge in [0.1, 0.15) is 0 Å². The van der Waals surface area contributed by atoms with Gasteiger partial charge in [-0.15, -0.1) is 6.58 Å². The lowest BCUT2D eigenvalue weighted by atomic mass is 9.94. The monoisotopic (exact) mass is 195 g/mol. The largest absolute Gasteiger partial charge is 0.291 e. The van der Waals surface area contributed by atoms with Crippen molar-refractivity contribution in [1.29, 1.82) is 0 Å². The molecule has 14 heavy (non-hydrogen) atoms. The van der Waals surface area contributed by atoms with Crippen LogP contribution in [0.2, 0.25) is 0 Å². The second-order valence-electron chi connectivity index (χ2n) is 3.88. The smallest absolute Gasteiger partial charge is 0.198 e. The first kappa shape index (κ1) is 13.4. The molecule has 1 atom stereocenters. The highest BCUT2D eigenvalue weighted by Crippen LogP contribution is 2.19. The van der Waals surface area contributed by atoms with Crippen molar-refractivity contribution < 1.29 is 4.79 Å². The minimum absolute atomic E-state index is 0.615. The van der Waals surface area contributed by atoms with Crippen LogP contribution in [0.15, 0.2) is 12.7 Å². The van der Waals surface area contributed by atoms with Crippen LogP contribution >= 0.6 is 0 Å². The van der Waals surface area contributed by atoms with Crippen molar-refractivity contribution >= 4 is 6.29 Å². The molecule has 1 radical (unpaired) electrons. The van der Waals surface area contributed by atoms with Crippen molar-refractivity contribution in [2.45, 2.75) is 58.3 Å². The molecule has 1 heteroatoms. The lowest BCUT2D eigenvalue weighted by Crippen LogP contribution is -1.98. The predicted molar refractivity (Wildman–Crippen MR) is 62.0 cm³/mol. The van der Waals surface area contributed by atoms with E-state index in [1.807, 2.05) is 12.4 Å². The first-order valence-corrected chi connectivity index (χ1v) is 5.81. The summed E-state index contributed by atoms with van der Waals surface area (Å²) in [5.74, 6) is 0.855. The second kappa shape index (κ2) is 10.5. The van der Waals surface area contributed by atoms with Crippen molar-refractivity contribution in [3.8, 4) is 0 Å². The van der Waals surface area contributed by atoms with Gasteiger partial charge in [0.15, 0.2) is 6.29 Å². The van der Waals surface area contributed by atoms with Crippen LogP contribution in [0, 0.1) is 5.92 Å². The molecule has 1 unspecified atom stereocenters. The Morgan fingerprint density at radius 2 is 2.07 bits per heavy atom. The zero-order valence-corrected chi connectivity index (χ0v) is 9.43. The highest BCUT2D eigenvalue weighted by atomic mass is 16.1. The Morgan fingerprint density at radius 3 is 2.64 bits per heavy atom. The molecule has 0 aromatic carbocycles. The molecule has 0 heterocycles. The quantitative estimate of drug-likeness (QED) is 0.380. The Labute approximate surface area is 88.6 Å².